The molecule has 8 nitrogen and oxygen atoms in total. The van der Waals surface area contributed by atoms with Crippen LogP contribution < -0.4 is 4.74 Å². The number of aryl methyl sites for hydroxylation is 1. The second-order valence-electron chi connectivity index (χ2n) is 10.1. The highest BCUT2D eigenvalue weighted by molar-refractivity contribution is 5.83. The number of benzene rings is 1. The Balaban J connectivity index is 1.32. The van der Waals surface area contributed by atoms with Crippen LogP contribution in [0, 0.1) is 11.8 Å². The third-order valence-corrected chi connectivity index (χ3v) is 7.69. The first kappa shape index (κ1) is 26.9. The Bertz CT molecular complexity index is 1140. The zero-order valence-electron chi connectivity index (χ0n) is 21.6. The number of hydrogen-bond acceptors (Lipinski definition) is 7. The second-order valence-corrected chi connectivity index (χ2v) is 10.1. The van der Waals surface area contributed by atoms with Crippen molar-refractivity contribution in [3.8, 4) is 5.75 Å². The summed E-state index contributed by atoms with van der Waals surface area (Å²) in [5.41, 5.74) is 2.92. The van der Waals surface area contributed by atoms with Gasteiger partial charge in [-0.15, -0.1) is 0 Å². The molecule has 1 unspecified atom stereocenters. The van der Waals surface area contributed by atoms with Crippen molar-refractivity contribution in [2.24, 2.45) is 11.8 Å². The normalized spacial score (nSPS) is 19.1. The lowest BCUT2D eigenvalue weighted by Gasteiger charge is -2.39. The number of rotatable bonds is 13. The number of likely N-dealkylation sites (tertiary alicyclic amines) is 1. The number of nitrogens with zero attached hydrogens (tertiary/aromatic N) is 4. The van der Waals surface area contributed by atoms with Gasteiger partial charge < -0.3 is 19.8 Å². The van der Waals surface area contributed by atoms with Crippen molar-refractivity contribution < 1.29 is 19.7 Å². The van der Waals surface area contributed by atoms with E-state index in [2.05, 4.69) is 20.1 Å². The van der Waals surface area contributed by atoms with Crippen LogP contribution in [-0.4, -0.2) is 63.0 Å². The molecule has 0 aliphatic carbocycles. The van der Waals surface area contributed by atoms with Crippen LogP contribution in [0.4, 0.5) is 0 Å². The molecule has 0 bridgehead atoms. The fourth-order valence-corrected chi connectivity index (χ4v) is 5.60. The Hall–Kier alpha value is -3.10. The molecular weight excluding hydrogens is 468 g/mol. The summed E-state index contributed by atoms with van der Waals surface area (Å²) in [5, 5.41) is 29.1. The summed E-state index contributed by atoms with van der Waals surface area (Å²) >= 11 is 0. The van der Waals surface area contributed by atoms with Crippen LogP contribution in [0.3, 0.4) is 0 Å². The molecule has 37 heavy (non-hydrogen) atoms. The summed E-state index contributed by atoms with van der Waals surface area (Å²) in [5.74, 6) is 0.748. The van der Waals surface area contributed by atoms with E-state index in [-0.39, 0.29) is 6.42 Å². The Labute approximate surface area is 218 Å². The Kier molecular flexibility index (Phi) is 9.79. The van der Waals surface area contributed by atoms with E-state index >= 15 is 0 Å². The fourth-order valence-electron chi connectivity index (χ4n) is 5.60. The quantitative estimate of drug-likeness (QED) is 0.322. The molecule has 1 fully saturated rings. The first-order valence-electron chi connectivity index (χ1n) is 13.3. The van der Waals surface area contributed by atoms with Crippen molar-refractivity contribution >= 4 is 16.9 Å². The molecule has 0 spiro atoms. The highest BCUT2D eigenvalue weighted by Gasteiger charge is 2.30. The van der Waals surface area contributed by atoms with Crippen LogP contribution >= 0.6 is 0 Å². The number of aromatic nitrogens is 3. The van der Waals surface area contributed by atoms with Crippen LogP contribution in [0.15, 0.2) is 48.9 Å². The molecule has 0 radical (unpaired) electrons. The maximum absolute atomic E-state index is 11.3. The standard InChI is InChI=1S/C29H38N4O4/c1-37-24-7-8-27-26(18-24)25(12-14-30-27)28(34)9-5-22-13-17-33(20-23(22)6-10-29(35)36)16-3-2-4-21-11-15-31-32-19-21/h7-8,11-12,14-15,18-19,22-23,28,34H,2-6,9-10,13,16-17,20H2,1H3,(H,35,36)/t22-,23+,28?/m1/s1. The lowest BCUT2D eigenvalue weighted by molar-refractivity contribution is -0.137. The van der Waals surface area contributed by atoms with Crippen LogP contribution in [0.5, 0.6) is 5.75 Å². The smallest absolute Gasteiger partial charge is 0.303 e. The van der Waals surface area contributed by atoms with Crippen molar-refractivity contribution in [1.82, 2.24) is 20.1 Å². The van der Waals surface area contributed by atoms with Crippen molar-refractivity contribution in [2.45, 2.75) is 57.5 Å². The van der Waals surface area contributed by atoms with E-state index in [9.17, 15) is 15.0 Å². The molecule has 3 aromatic rings. The van der Waals surface area contributed by atoms with Crippen LogP contribution in [-0.2, 0) is 11.2 Å². The molecule has 1 aromatic carbocycles. The van der Waals surface area contributed by atoms with Gasteiger partial charge in [-0.3, -0.25) is 9.78 Å². The number of methoxy groups -OCH3 is 1. The molecule has 3 atom stereocenters. The first-order valence-corrected chi connectivity index (χ1v) is 13.3. The minimum absolute atomic E-state index is 0.196. The predicted octanol–water partition coefficient (Wildman–Crippen LogP) is 4.67. The van der Waals surface area contributed by atoms with Gasteiger partial charge in [0.1, 0.15) is 5.75 Å². The molecule has 3 heterocycles. The van der Waals surface area contributed by atoms with Gasteiger partial charge in [-0.2, -0.15) is 10.2 Å². The van der Waals surface area contributed by atoms with Crippen molar-refractivity contribution in [3.63, 3.8) is 0 Å². The number of carbonyl (C=O) groups is 1. The van der Waals surface area contributed by atoms with Gasteiger partial charge in [0.05, 0.1) is 24.9 Å². The first-order chi connectivity index (χ1) is 18.0. The predicted molar refractivity (Wildman–Crippen MR) is 142 cm³/mol. The van der Waals surface area contributed by atoms with Gasteiger partial charge in [0.25, 0.3) is 0 Å². The molecule has 2 aromatic heterocycles. The van der Waals surface area contributed by atoms with Gasteiger partial charge in [-0.25, -0.2) is 0 Å². The average Bonchev–Trinajstić information content (AvgIpc) is 2.93. The molecule has 198 valence electrons. The molecule has 0 saturated carbocycles. The van der Waals surface area contributed by atoms with E-state index in [1.165, 1.54) is 5.56 Å². The monoisotopic (exact) mass is 506 g/mol. The number of ether oxygens (including phenoxy) is 1. The third-order valence-electron chi connectivity index (χ3n) is 7.69. The minimum atomic E-state index is -0.737. The van der Waals surface area contributed by atoms with Gasteiger partial charge >= 0.3 is 5.97 Å². The number of fused-ring (bicyclic) bond motifs is 1. The zero-order valence-corrected chi connectivity index (χ0v) is 21.6. The topological polar surface area (TPSA) is 109 Å². The van der Waals surface area contributed by atoms with Crippen molar-refractivity contribution in [3.05, 3.63) is 60.0 Å². The Morgan fingerprint density at radius 1 is 1.14 bits per heavy atom. The largest absolute Gasteiger partial charge is 0.497 e. The number of aliphatic hydroxyl groups excluding tert-OH is 1. The number of carboxylic acids is 1. The Morgan fingerprint density at radius 3 is 2.81 bits per heavy atom. The molecule has 1 aliphatic rings. The number of unbranched alkanes of at least 4 members (excludes halogenated alkanes) is 1. The zero-order chi connectivity index (χ0) is 26.0. The fraction of sp³-hybridized carbons (Fsp3) is 0.517. The summed E-state index contributed by atoms with van der Waals surface area (Å²) in [6.07, 6.45) is 11.4. The van der Waals surface area contributed by atoms with Crippen LogP contribution in [0.25, 0.3) is 10.9 Å². The maximum atomic E-state index is 11.3. The van der Waals surface area contributed by atoms with E-state index < -0.39 is 12.1 Å². The van der Waals surface area contributed by atoms with Gasteiger partial charge in [-0.05, 0) is 111 Å². The highest BCUT2D eigenvalue weighted by Crippen LogP contribution is 2.35. The SMILES string of the molecule is COc1ccc2nccc(C(O)CC[C@@H]3CCN(CCCCc4ccnnc4)C[C@@H]3CCC(=O)O)c2c1. The Morgan fingerprint density at radius 2 is 2.03 bits per heavy atom. The lowest BCUT2D eigenvalue weighted by atomic mass is 9.79. The van der Waals surface area contributed by atoms with E-state index in [1.807, 2.05) is 36.5 Å². The molecule has 1 aliphatic heterocycles. The average molecular weight is 507 g/mol. The molecule has 1 saturated heterocycles. The number of hydrogen-bond donors (Lipinski definition) is 2. The van der Waals surface area contributed by atoms with E-state index in [0.29, 0.717) is 24.7 Å². The summed E-state index contributed by atoms with van der Waals surface area (Å²) in [6, 6.07) is 9.62. The van der Waals surface area contributed by atoms with Crippen molar-refractivity contribution in [2.75, 3.05) is 26.7 Å². The summed E-state index contributed by atoms with van der Waals surface area (Å²) < 4.78 is 5.37. The summed E-state index contributed by atoms with van der Waals surface area (Å²) in [4.78, 5) is 18.2. The molecule has 0 amide bonds. The van der Waals surface area contributed by atoms with E-state index in [4.69, 9.17) is 4.74 Å². The van der Waals surface area contributed by atoms with Gasteiger partial charge in [0.15, 0.2) is 0 Å². The number of carboxylic acid groups (broad SMARTS) is 1. The van der Waals surface area contributed by atoms with Crippen molar-refractivity contribution in [1.29, 1.82) is 0 Å². The number of aliphatic hydroxyl groups is 1. The van der Waals surface area contributed by atoms with Gasteiger partial charge in [-0.1, -0.05) is 0 Å². The number of piperidine rings is 1. The third kappa shape index (κ3) is 7.69. The van der Waals surface area contributed by atoms with E-state index in [0.717, 1.165) is 74.0 Å². The summed E-state index contributed by atoms with van der Waals surface area (Å²) in [7, 11) is 1.63. The summed E-state index contributed by atoms with van der Waals surface area (Å²) in [6.45, 7) is 2.99. The second kappa shape index (κ2) is 13.4. The lowest BCUT2D eigenvalue weighted by Crippen LogP contribution is -2.41. The van der Waals surface area contributed by atoms with Gasteiger partial charge in [0, 0.05) is 30.7 Å². The number of aliphatic carboxylic acids is 1. The molecule has 8 heteroatoms. The van der Waals surface area contributed by atoms with Crippen LogP contribution in [0.2, 0.25) is 0 Å². The maximum Gasteiger partial charge on any atom is 0.303 e. The van der Waals surface area contributed by atoms with E-state index in [1.54, 1.807) is 19.5 Å². The minimum Gasteiger partial charge on any atom is -0.497 e. The molecular formula is C29H38N4O4. The molecule has 2 N–H and O–H groups in total. The highest BCUT2D eigenvalue weighted by atomic mass is 16.5. The van der Waals surface area contributed by atoms with Crippen LogP contribution in [0.1, 0.15) is 62.2 Å². The number of pyridine rings is 1. The van der Waals surface area contributed by atoms with Gasteiger partial charge in [0.2, 0.25) is 0 Å². The molecule has 4 rings (SSSR count).